The van der Waals surface area contributed by atoms with Crippen LogP contribution in [0.1, 0.15) is 46.9 Å². The smallest absolute Gasteiger partial charge is 0.253 e. The summed E-state index contributed by atoms with van der Waals surface area (Å²) in [5, 5.41) is 3.15. The fraction of sp³-hybridized carbons (Fsp3) is 0.433. The van der Waals surface area contributed by atoms with Crippen molar-refractivity contribution in [1.29, 1.82) is 0 Å². The summed E-state index contributed by atoms with van der Waals surface area (Å²) in [5.74, 6) is 0.0361. The fourth-order valence-corrected chi connectivity index (χ4v) is 5.18. The lowest BCUT2D eigenvalue weighted by Crippen LogP contribution is -2.47. The number of carbonyl (C=O) groups excluding carboxylic acids is 1. The number of carbonyl (C=O) groups is 1. The van der Waals surface area contributed by atoms with E-state index in [1.165, 1.54) is 16.8 Å². The fourth-order valence-electron chi connectivity index (χ4n) is 5.18. The highest BCUT2D eigenvalue weighted by Gasteiger charge is 2.19. The molecule has 5 heteroatoms. The van der Waals surface area contributed by atoms with E-state index < -0.39 is 0 Å². The van der Waals surface area contributed by atoms with Crippen LogP contribution < -0.4 is 10.2 Å². The topological polar surface area (TPSA) is 40.5 Å². The van der Waals surface area contributed by atoms with Gasteiger partial charge in [-0.3, -0.25) is 9.69 Å². The summed E-state index contributed by atoms with van der Waals surface area (Å²) in [6.07, 6.45) is 2.11. The lowest BCUT2D eigenvalue weighted by atomic mass is 10.1. The molecule has 5 nitrogen and oxygen atoms in total. The number of benzene rings is 2. The summed E-state index contributed by atoms with van der Waals surface area (Å²) in [5.41, 5.74) is 8.22. The molecule has 1 amide bonds. The predicted molar refractivity (Wildman–Crippen MR) is 146 cm³/mol. The molecule has 0 saturated carbocycles. The first-order chi connectivity index (χ1) is 17.0. The second kappa shape index (κ2) is 11.6. The molecule has 2 heterocycles. The van der Waals surface area contributed by atoms with Crippen molar-refractivity contribution in [2.75, 3.05) is 44.2 Å². The molecule has 186 valence electrons. The van der Waals surface area contributed by atoms with Crippen molar-refractivity contribution in [2.24, 2.45) is 0 Å². The van der Waals surface area contributed by atoms with Crippen LogP contribution in [0.25, 0.3) is 11.3 Å². The predicted octanol–water partition coefficient (Wildman–Crippen LogP) is 5.43. The average Bonchev–Trinajstić information content (AvgIpc) is 3.22. The minimum absolute atomic E-state index is 0.0361. The quantitative estimate of drug-likeness (QED) is 0.422. The Bertz CT molecular complexity index is 1130. The summed E-state index contributed by atoms with van der Waals surface area (Å²) >= 11 is 0. The maximum absolute atomic E-state index is 12.9. The van der Waals surface area contributed by atoms with Crippen molar-refractivity contribution in [1.82, 2.24) is 14.8 Å². The maximum Gasteiger partial charge on any atom is 0.253 e. The van der Waals surface area contributed by atoms with Gasteiger partial charge in [-0.25, -0.2) is 0 Å². The maximum atomic E-state index is 12.9. The molecule has 0 spiro atoms. The van der Waals surface area contributed by atoms with Crippen LogP contribution in [-0.4, -0.2) is 54.6 Å². The SMILES string of the molecule is CCn1c(-c2ccccc2)cc(C(=O)NCCCCN2CCN(c3cccc(C)c3C)CC2)c1C. The Labute approximate surface area is 210 Å². The molecule has 1 aliphatic rings. The number of amides is 1. The summed E-state index contributed by atoms with van der Waals surface area (Å²) in [7, 11) is 0. The largest absolute Gasteiger partial charge is 0.369 e. The molecule has 3 aromatic rings. The van der Waals surface area contributed by atoms with Gasteiger partial charge in [-0.1, -0.05) is 42.5 Å². The standard InChI is InChI=1S/C30H40N4O/c1-5-34-25(4)27(22-29(34)26-13-7-6-8-14-26)30(35)31-16-9-10-17-32-18-20-33(21-19-32)28-15-11-12-23(2)24(28)3/h6-8,11-15,22H,5,9-10,16-21H2,1-4H3,(H,31,35). The van der Waals surface area contributed by atoms with Gasteiger partial charge in [-0.05, 0) is 75.9 Å². The second-order valence-electron chi connectivity index (χ2n) is 9.65. The minimum Gasteiger partial charge on any atom is -0.369 e. The summed E-state index contributed by atoms with van der Waals surface area (Å²) in [4.78, 5) is 18.0. The molecule has 0 bridgehead atoms. The lowest BCUT2D eigenvalue weighted by molar-refractivity contribution is 0.0952. The molecule has 1 fully saturated rings. The number of aryl methyl sites for hydroxylation is 1. The first-order valence-electron chi connectivity index (χ1n) is 13.1. The Morgan fingerprint density at radius 1 is 0.914 bits per heavy atom. The number of nitrogens with one attached hydrogen (secondary N) is 1. The number of aromatic nitrogens is 1. The van der Waals surface area contributed by atoms with Crippen molar-refractivity contribution in [3.63, 3.8) is 0 Å². The van der Waals surface area contributed by atoms with Crippen molar-refractivity contribution in [3.05, 3.63) is 77.0 Å². The number of rotatable bonds is 9. The number of nitrogens with zero attached hydrogens (tertiary/aromatic N) is 3. The Kier molecular flexibility index (Phi) is 8.29. The molecule has 0 atom stereocenters. The molecule has 0 aliphatic carbocycles. The molecule has 1 aromatic heterocycles. The van der Waals surface area contributed by atoms with Crippen LogP contribution in [0.2, 0.25) is 0 Å². The van der Waals surface area contributed by atoms with Crippen LogP contribution in [-0.2, 0) is 6.54 Å². The van der Waals surface area contributed by atoms with Crippen molar-refractivity contribution < 1.29 is 4.79 Å². The second-order valence-corrected chi connectivity index (χ2v) is 9.65. The van der Waals surface area contributed by atoms with Gasteiger partial charge in [0.05, 0.1) is 5.56 Å². The van der Waals surface area contributed by atoms with E-state index in [-0.39, 0.29) is 5.91 Å². The summed E-state index contributed by atoms with van der Waals surface area (Å²) in [6.45, 7) is 15.6. The normalized spacial score (nSPS) is 14.3. The van der Waals surface area contributed by atoms with E-state index in [9.17, 15) is 4.79 Å². The first kappa shape index (κ1) is 25.1. The van der Waals surface area contributed by atoms with Crippen LogP contribution in [0, 0.1) is 20.8 Å². The van der Waals surface area contributed by atoms with E-state index in [0.717, 1.165) is 81.2 Å². The molecule has 1 saturated heterocycles. The van der Waals surface area contributed by atoms with Gasteiger partial charge in [-0.15, -0.1) is 0 Å². The van der Waals surface area contributed by atoms with Crippen molar-refractivity contribution >= 4 is 11.6 Å². The van der Waals surface area contributed by atoms with Crippen LogP contribution >= 0.6 is 0 Å². The lowest BCUT2D eigenvalue weighted by Gasteiger charge is -2.37. The first-order valence-corrected chi connectivity index (χ1v) is 13.1. The zero-order valence-corrected chi connectivity index (χ0v) is 21.8. The molecular formula is C30H40N4O. The Morgan fingerprint density at radius 3 is 2.37 bits per heavy atom. The Morgan fingerprint density at radius 2 is 1.66 bits per heavy atom. The monoisotopic (exact) mass is 472 g/mol. The van der Waals surface area contributed by atoms with Gasteiger partial charge in [0.15, 0.2) is 0 Å². The summed E-state index contributed by atoms with van der Waals surface area (Å²) in [6, 6.07) is 19.0. The molecule has 4 rings (SSSR count). The van der Waals surface area contributed by atoms with Gasteiger partial charge in [0, 0.05) is 56.3 Å². The zero-order valence-electron chi connectivity index (χ0n) is 21.8. The van der Waals surface area contributed by atoms with Crippen LogP contribution in [0.5, 0.6) is 0 Å². The van der Waals surface area contributed by atoms with Gasteiger partial charge < -0.3 is 14.8 Å². The van der Waals surface area contributed by atoms with Gasteiger partial charge >= 0.3 is 0 Å². The number of piperazine rings is 1. The Balaban J connectivity index is 1.21. The molecule has 0 radical (unpaired) electrons. The number of hydrogen-bond acceptors (Lipinski definition) is 3. The van der Waals surface area contributed by atoms with E-state index in [1.54, 1.807) is 0 Å². The summed E-state index contributed by atoms with van der Waals surface area (Å²) < 4.78 is 2.22. The van der Waals surface area contributed by atoms with Crippen molar-refractivity contribution in [3.8, 4) is 11.3 Å². The number of hydrogen-bond donors (Lipinski definition) is 1. The molecule has 0 unspecified atom stereocenters. The average molecular weight is 473 g/mol. The third-order valence-electron chi connectivity index (χ3n) is 7.47. The molecule has 2 aromatic carbocycles. The van der Waals surface area contributed by atoms with E-state index >= 15 is 0 Å². The number of anilines is 1. The van der Waals surface area contributed by atoms with Gasteiger partial charge in [0.1, 0.15) is 0 Å². The van der Waals surface area contributed by atoms with E-state index in [1.807, 2.05) is 31.2 Å². The zero-order chi connectivity index (χ0) is 24.8. The van der Waals surface area contributed by atoms with Gasteiger partial charge in [-0.2, -0.15) is 0 Å². The number of unbranched alkanes of at least 4 members (excludes halogenated alkanes) is 1. The molecule has 1 N–H and O–H groups in total. The Hall–Kier alpha value is -3.05. The van der Waals surface area contributed by atoms with Gasteiger partial charge in [0.25, 0.3) is 5.91 Å². The molecule has 1 aliphatic heterocycles. The minimum atomic E-state index is 0.0361. The third-order valence-corrected chi connectivity index (χ3v) is 7.47. The molecular weight excluding hydrogens is 432 g/mol. The highest BCUT2D eigenvalue weighted by Crippen LogP contribution is 2.26. The van der Waals surface area contributed by atoms with Crippen molar-refractivity contribution in [2.45, 2.75) is 47.1 Å². The van der Waals surface area contributed by atoms with Crippen LogP contribution in [0.3, 0.4) is 0 Å². The van der Waals surface area contributed by atoms with E-state index in [2.05, 4.69) is 70.8 Å². The van der Waals surface area contributed by atoms with E-state index in [4.69, 9.17) is 0 Å². The van der Waals surface area contributed by atoms with E-state index in [0.29, 0.717) is 0 Å². The van der Waals surface area contributed by atoms with Crippen LogP contribution in [0.15, 0.2) is 54.6 Å². The molecule has 35 heavy (non-hydrogen) atoms. The van der Waals surface area contributed by atoms with Crippen LogP contribution in [0.4, 0.5) is 5.69 Å². The third kappa shape index (κ3) is 5.79. The highest BCUT2D eigenvalue weighted by atomic mass is 16.1. The highest BCUT2D eigenvalue weighted by molar-refractivity contribution is 5.97. The van der Waals surface area contributed by atoms with Gasteiger partial charge in [0.2, 0.25) is 0 Å².